The Morgan fingerprint density at radius 1 is 1.10 bits per heavy atom. The fourth-order valence-electron chi connectivity index (χ4n) is 4.03. The lowest BCUT2D eigenvalue weighted by atomic mass is 10.0. The molecule has 1 heterocycles. The number of aliphatic imine (C=N–C) groups is 1. The summed E-state index contributed by atoms with van der Waals surface area (Å²) in [7, 11) is 0. The number of fused-ring (bicyclic) bond motifs is 1. The lowest BCUT2D eigenvalue weighted by Gasteiger charge is -2.34. The summed E-state index contributed by atoms with van der Waals surface area (Å²) in [6.07, 6.45) is 3.57. The van der Waals surface area contributed by atoms with Gasteiger partial charge in [0.2, 0.25) is 0 Å². The van der Waals surface area contributed by atoms with Crippen molar-refractivity contribution in [3.05, 3.63) is 64.2 Å². The number of halogens is 2. The van der Waals surface area contributed by atoms with E-state index in [0.29, 0.717) is 12.5 Å². The van der Waals surface area contributed by atoms with Crippen molar-refractivity contribution in [2.75, 3.05) is 38.2 Å². The van der Waals surface area contributed by atoms with E-state index < -0.39 is 0 Å². The van der Waals surface area contributed by atoms with Crippen LogP contribution in [0.2, 0.25) is 5.02 Å². The number of rotatable bonds is 5. The van der Waals surface area contributed by atoms with Crippen molar-refractivity contribution in [1.29, 1.82) is 0 Å². The predicted molar refractivity (Wildman–Crippen MR) is 125 cm³/mol. The zero-order valence-corrected chi connectivity index (χ0v) is 18.9. The molecule has 0 radical (unpaired) electrons. The summed E-state index contributed by atoms with van der Waals surface area (Å²) < 4.78 is 5.51. The monoisotopic (exact) mass is 478 g/mol. The average Bonchev–Trinajstić information content (AvgIpc) is 3.18. The molecule has 2 aromatic carbocycles. The molecule has 0 aromatic heterocycles. The van der Waals surface area contributed by atoms with Crippen molar-refractivity contribution in [2.45, 2.75) is 25.3 Å². The van der Waals surface area contributed by atoms with Crippen molar-refractivity contribution >= 4 is 40.2 Å². The molecule has 3 N–H and O–H groups in total. The van der Waals surface area contributed by atoms with Gasteiger partial charge in [-0.05, 0) is 60.2 Å². The predicted octanol–water partition coefficient (Wildman–Crippen LogP) is 4.21. The van der Waals surface area contributed by atoms with Crippen molar-refractivity contribution in [3.63, 3.8) is 0 Å². The number of ether oxygens (including phenoxy) is 1. The first-order valence-corrected chi connectivity index (χ1v) is 10.3. The number of morpholine rings is 1. The van der Waals surface area contributed by atoms with Gasteiger partial charge in [-0.15, -0.1) is 17.0 Å². The summed E-state index contributed by atoms with van der Waals surface area (Å²) in [6, 6.07) is 14.6. The standard InChI is InChI=1S/C22H27ClN4O.BrH/c23-19-7-4-17(5-8-19)21(27-10-12-28-13-11-27)15-25-22(24)26-20-9-6-16-2-1-3-18(16)14-20;/h4-9,14,21H,1-3,10-13,15H2,(H3,24,25,26);1H. The van der Waals surface area contributed by atoms with Crippen molar-refractivity contribution in [1.82, 2.24) is 4.90 Å². The summed E-state index contributed by atoms with van der Waals surface area (Å²) in [6.45, 7) is 3.86. The largest absolute Gasteiger partial charge is 0.379 e. The minimum atomic E-state index is 0. The van der Waals surface area contributed by atoms with Crippen molar-refractivity contribution in [3.8, 4) is 0 Å². The first-order valence-electron chi connectivity index (χ1n) is 9.95. The lowest BCUT2D eigenvalue weighted by Crippen LogP contribution is -2.40. The molecule has 156 valence electrons. The van der Waals surface area contributed by atoms with Crippen LogP contribution in [-0.4, -0.2) is 43.7 Å². The van der Waals surface area contributed by atoms with E-state index in [9.17, 15) is 0 Å². The molecule has 0 spiro atoms. The molecule has 1 aliphatic heterocycles. The maximum atomic E-state index is 6.21. The van der Waals surface area contributed by atoms with Gasteiger partial charge in [0, 0.05) is 23.8 Å². The van der Waals surface area contributed by atoms with Gasteiger partial charge in [0.15, 0.2) is 5.96 Å². The van der Waals surface area contributed by atoms with Gasteiger partial charge in [0.05, 0.1) is 25.8 Å². The number of aryl methyl sites for hydroxylation is 2. The van der Waals surface area contributed by atoms with Crippen LogP contribution < -0.4 is 11.1 Å². The second-order valence-corrected chi connectivity index (χ2v) is 7.84. The molecule has 1 unspecified atom stereocenters. The van der Waals surface area contributed by atoms with Crippen LogP contribution in [0.4, 0.5) is 5.69 Å². The molecule has 0 saturated carbocycles. The Hall–Kier alpha value is -1.60. The molecule has 0 bridgehead atoms. The quantitative estimate of drug-likeness (QED) is 0.498. The highest BCUT2D eigenvalue weighted by Crippen LogP contribution is 2.26. The molecule has 5 nitrogen and oxygen atoms in total. The SMILES string of the molecule is Br.NC(=NCC(c1ccc(Cl)cc1)N1CCOCC1)Nc1ccc2c(c1)CCC2. The van der Waals surface area contributed by atoms with E-state index in [4.69, 9.17) is 22.1 Å². The lowest BCUT2D eigenvalue weighted by molar-refractivity contribution is 0.0180. The first-order chi connectivity index (χ1) is 13.7. The smallest absolute Gasteiger partial charge is 0.193 e. The highest BCUT2D eigenvalue weighted by molar-refractivity contribution is 8.93. The Labute approximate surface area is 188 Å². The van der Waals surface area contributed by atoms with Crippen molar-refractivity contribution in [2.24, 2.45) is 10.7 Å². The Bertz CT molecular complexity index is 837. The third-order valence-electron chi connectivity index (χ3n) is 5.55. The summed E-state index contributed by atoms with van der Waals surface area (Å²) in [5.41, 5.74) is 11.3. The van der Waals surface area contributed by atoms with E-state index in [1.165, 1.54) is 29.5 Å². The van der Waals surface area contributed by atoms with E-state index >= 15 is 0 Å². The summed E-state index contributed by atoms with van der Waals surface area (Å²) in [5, 5.41) is 4.00. The third kappa shape index (κ3) is 5.72. The number of nitrogens with one attached hydrogen (secondary N) is 1. The number of hydrogen-bond donors (Lipinski definition) is 2. The third-order valence-corrected chi connectivity index (χ3v) is 5.80. The van der Waals surface area contributed by atoms with Crippen LogP contribution in [0.15, 0.2) is 47.5 Å². The summed E-state index contributed by atoms with van der Waals surface area (Å²) in [4.78, 5) is 7.06. The van der Waals surface area contributed by atoms with Crippen LogP contribution in [0.5, 0.6) is 0 Å². The second-order valence-electron chi connectivity index (χ2n) is 7.40. The fourth-order valence-corrected chi connectivity index (χ4v) is 4.15. The highest BCUT2D eigenvalue weighted by atomic mass is 79.9. The maximum Gasteiger partial charge on any atom is 0.193 e. The second kappa shape index (κ2) is 10.4. The van der Waals surface area contributed by atoms with Crippen LogP contribution in [0.1, 0.15) is 29.2 Å². The number of nitrogens with zero attached hydrogens (tertiary/aromatic N) is 2. The molecule has 1 atom stereocenters. The maximum absolute atomic E-state index is 6.21. The number of hydrogen-bond acceptors (Lipinski definition) is 3. The topological polar surface area (TPSA) is 62.9 Å². The highest BCUT2D eigenvalue weighted by Gasteiger charge is 2.22. The van der Waals surface area contributed by atoms with Gasteiger partial charge >= 0.3 is 0 Å². The zero-order chi connectivity index (χ0) is 19.3. The molecule has 1 fully saturated rings. The minimum Gasteiger partial charge on any atom is -0.379 e. The van der Waals surface area contributed by atoms with E-state index in [2.05, 4.69) is 45.5 Å². The van der Waals surface area contributed by atoms with Crippen LogP contribution in [-0.2, 0) is 17.6 Å². The Morgan fingerprint density at radius 2 is 1.83 bits per heavy atom. The number of benzene rings is 2. The van der Waals surface area contributed by atoms with E-state index in [1.54, 1.807) is 0 Å². The van der Waals surface area contributed by atoms with Crippen LogP contribution in [0.25, 0.3) is 0 Å². The number of nitrogens with two attached hydrogens (primary N) is 1. The molecule has 2 aliphatic rings. The minimum absolute atomic E-state index is 0. The molecule has 4 rings (SSSR count). The van der Waals surface area contributed by atoms with Gasteiger partial charge in [0.1, 0.15) is 0 Å². The normalized spacial score (nSPS) is 18.0. The Kier molecular flexibility index (Phi) is 7.95. The molecular weight excluding hydrogens is 452 g/mol. The Balaban J connectivity index is 0.00000240. The van der Waals surface area contributed by atoms with Gasteiger partial charge in [-0.1, -0.05) is 29.8 Å². The zero-order valence-electron chi connectivity index (χ0n) is 16.4. The molecule has 2 aromatic rings. The summed E-state index contributed by atoms with van der Waals surface area (Å²) in [5.74, 6) is 0.449. The molecular formula is C22H28BrClN4O. The van der Waals surface area contributed by atoms with Crippen molar-refractivity contribution < 1.29 is 4.74 Å². The van der Waals surface area contributed by atoms with Gasteiger partial charge in [-0.2, -0.15) is 0 Å². The molecule has 0 amide bonds. The van der Waals surface area contributed by atoms with Gasteiger partial charge in [-0.25, -0.2) is 0 Å². The van der Waals surface area contributed by atoms with Crippen LogP contribution >= 0.6 is 28.6 Å². The molecule has 1 aliphatic carbocycles. The number of anilines is 1. The average molecular weight is 480 g/mol. The fraction of sp³-hybridized carbons (Fsp3) is 0.409. The summed E-state index contributed by atoms with van der Waals surface area (Å²) >= 11 is 6.07. The molecule has 29 heavy (non-hydrogen) atoms. The van der Waals surface area contributed by atoms with Crippen LogP contribution in [0, 0.1) is 0 Å². The number of guanidine groups is 1. The van der Waals surface area contributed by atoms with E-state index in [1.807, 2.05) is 12.1 Å². The molecule has 7 heteroatoms. The van der Waals surface area contributed by atoms with Gasteiger partial charge in [-0.3, -0.25) is 9.89 Å². The van der Waals surface area contributed by atoms with E-state index in [0.717, 1.165) is 43.4 Å². The van der Waals surface area contributed by atoms with Gasteiger partial charge in [0.25, 0.3) is 0 Å². The first kappa shape index (κ1) is 22.1. The van der Waals surface area contributed by atoms with Gasteiger partial charge < -0.3 is 15.8 Å². The van der Waals surface area contributed by atoms with Crippen LogP contribution in [0.3, 0.4) is 0 Å². The Morgan fingerprint density at radius 3 is 2.59 bits per heavy atom. The van der Waals surface area contributed by atoms with E-state index in [-0.39, 0.29) is 23.0 Å². The molecule has 1 saturated heterocycles.